The zero-order valence-electron chi connectivity index (χ0n) is 13.9. The number of fused-ring (bicyclic) bond motifs is 1. The fourth-order valence-corrected chi connectivity index (χ4v) is 3.88. The van der Waals surface area contributed by atoms with Gasteiger partial charge in [-0.15, -0.1) is 11.3 Å². The molecule has 0 saturated heterocycles. The molecule has 0 fully saturated rings. The van der Waals surface area contributed by atoms with Gasteiger partial charge in [0, 0.05) is 10.1 Å². The van der Waals surface area contributed by atoms with Gasteiger partial charge < -0.3 is 14.6 Å². The van der Waals surface area contributed by atoms with E-state index < -0.39 is 5.82 Å². The molecule has 3 nitrogen and oxygen atoms in total. The Morgan fingerprint density at radius 3 is 2.46 bits per heavy atom. The maximum absolute atomic E-state index is 14.2. The molecule has 4 rings (SSSR count). The lowest BCUT2D eigenvalue weighted by molar-refractivity contribution is 0.386. The summed E-state index contributed by atoms with van der Waals surface area (Å²) < 4.78 is 26.4. The second-order valence-corrected chi connectivity index (χ2v) is 6.75. The monoisotopic (exact) mass is 366 g/mol. The molecule has 0 aliphatic heterocycles. The normalized spacial score (nSPS) is 10.8. The molecule has 26 heavy (non-hydrogen) atoms. The first kappa shape index (κ1) is 16.4. The lowest BCUT2D eigenvalue weighted by Crippen LogP contribution is -1.89. The van der Waals surface area contributed by atoms with Crippen molar-refractivity contribution in [3.63, 3.8) is 0 Å². The van der Waals surface area contributed by atoms with Gasteiger partial charge in [0.15, 0.2) is 17.3 Å². The van der Waals surface area contributed by atoms with Crippen LogP contribution in [0.15, 0.2) is 66.7 Å². The quantitative estimate of drug-likeness (QED) is 0.466. The van der Waals surface area contributed by atoms with E-state index in [9.17, 15) is 9.50 Å². The van der Waals surface area contributed by atoms with E-state index >= 15 is 0 Å². The minimum atomic E-state index is -0.418. The van der Waals surface area contributed by atoms with Crippen LogP contribution in [0.5, 0.6) is 23.0 Å². The standard InChI is InChI=1S/C21H15FO3S/c1-24-18-11-6-13(12-17(18)22)21-20(16-4-2-3-5-19(16)26-21)25-15-9-7-14(23)8-10-15/h2-12,23H,1H3. The molecular weight excluding hydrogens is 351 g/mol. The zero-order valence-corrected chi connectivity index (χ0v) is 14.7. The van der Waals surface area contributed by atoms with Gasteiger partial charge in [0.05, 0.1) is 12.0 Å². The van der Waals surface area contributed by atoms with Crippen LogP contribution in [0.1, 0.15) is 0 Å². The Hall–Kier alpha value is -3.05. The summed E-state index contributed by atoms with van der Waals surface area (Å²) in [5.74, 6) is 1.22. The predicted octanol–water partition coefficient (Wildman–Crippen LogP) is 6.21. The van der Waals surface area contributed by atoms with Crippen molar-refractivity contribution >= 4 is 21.4 Å². The SMILES string of the molecule is COc1ccc(-c2sc3ccccc3c2Oc2ccc(O)cc2)cc1F. The van der Waals surface area contributed by atoms with E-state index in [4.69, 9.17) is 9.47 Å². The van der Waals surface area contributed by atoms with Crippen molar-refractivity contribution in [2.24, 2.45) is 0 Å². The van der Waals surface area contributed by atoms with E-state index in [2.05, 4.69) is 0 Å². The maximum Gasteiger partial charge on any atom is 0.165 e. The molecule has 1 N–H and O–H groups in total. The van der Waals surface area contributed by atoms with Crippen molar-refractivity contribution in [3.8, 4) is 33.4 Å². The molecule has 4 aromatic rings. The number of phenolic OH excluding ortho intramolecular Hbond substituents is 1. The minimum Gasteiger partial charge on any atom is -0.508 e. The Bertz CT molecular complexity index is 1070. The molecule has 0 unspecified atom stereocenters. The molecule has 5 heteroatoms. The molecule has 0 aliphatic rings. The first-order valence-electron chi connectivity index (χ1n) is 7.98. The molecule has 0 aliphatic carbocycles. The van der Waals surface area contributed by atoms with E-state index in [1.165, 1.54) is 24.5 Å². The van der Waals surface area contributed by atoms with Crippen LogP contribution < -0.4 is 9.47 Å². The van der Waals surface area contributed by atoms with Gasteiger partial charge >= 0.3 is 0 Å². The average Bonchev–Trinajstić information content (AvgIpc) is 3.02. The van der Waals surface area contributed by atoms with E-state index in [0.29, 0.717) is 11.5 Å². The Kier molecular flexibility index (Phi) is 4.22. The largest absolute Gasteiger partial charge is 0.508 e. The second-order valence-electron chi connectivity index (χ2n) is 5.70. The number of hydrogen-bond donors (Lipinski definition) is 1. The highest BCUT2D eigenvalue weighted by Crippen LogP contribution is 2.46. The lowest BCUT2D eigenvalue weighted by atomic mass is 10.1. The molecule has 130 valence electrons. The van der Waals surface area contributed by atoms with Crippen LogP contribution >= 0.6 is 11.3 Å². The molecule has 1 aromatic heterocycles. The number of benzene rings is 3. The third-order valence-corrected chi connectivity index (χ3v) is 5.22. The van der Waals surface area contributed by atoms with Crippen LogP contribution in [-0.4, -0.2) is 12.2 Å². The van der Waals surface area contributed by atoms with Crippen LogP contribution in [0.3, 0.4) is 0 Å². The second kappa shape index (κ2) is 6.69. The van der Waals surface area contributed by atoms with Crippen LogP contribution in [0.4, 0.5) is 4.39 Å². The predicted molar refractivity (Wildman–Crippen MR) is 102 cm³/mol. The van der Waals surface area contributed by atoms with Crippen LogP contribution in [-0.2, 0) is 0 Å². The highest BCUT2D eigenvalue weighted by molar-refractivity contribution is 7.22. The van der Waals surface area contributed by atoms with E-state index in [-0.39, 0.29) is 11.5 Å². The molecule has 0 saturated carbocycles. The van der Waals surface area contributed by atoms with Gasteiger partial charge in [-0.05, 0) is 60.2 Å². The van der Waals surface area contributed by atoms with Crippen molar-refractivity contribution in [3.05, 3.63) is 72.5 Å². The number of halogens is 1. The number of ether oxygens (including phenoxy) is 2. The number of rotatable bonds is 4. The fraction of sp³-hybridized carbons (Fsp3) is 0.0476. The topological polar surface area (TPSA) is 38.7 Å². The van der Waals surface area contributed by atoms with Gasteiger partial charge in [-0.25, -0.2) is 4.39 Å². The summed E-state index contributed by atoms with van der Waals surface area (Å²) in [6.45, 7) is 0. The number of thiophene rings is 1. The van der Waals surface area contributed by atoms with Gasteiger partial charge in [0.2, 0.25) is 0 Å². The third kappa shape index (κ3) is 2.97. The van der Waals surface area contributed by atoms with Gasteiger partial charge in [-0.1, -0.05) is 12.1 Å². The molecule has 0 spiro atoms. The Balaban J connectivity index is 1.86. The summed E-state index contributed by atoms with van der Waals surface area (Å²) in [5.41, 5.74) is 0.721. The third-order valence-electron chi connectivity index (χ3n) is 4.02. The summed E-state index contributed by atoms with van der Waals surface area (Å²) in [6, 6.07) is 19.3. The molecule has 0 amide bonds. The number of hydrogen-bond acceptors (Lipinski definition) is 4. The van der Waals surface area contributed by atoms with E-state index in [1.807, 2.05) is 30.3 Å². The number of phenols is 1. The molecule has 0 atom stereocenters. The maximum atomic E-state index is 14.2. The summed E-state index contributed by atoms with van der Waals surface area (Å²) in [4.78, 5) is 0.834. The summed E-state index contributed by atoms with van der Waals surface area (Å²) >= 11 is 1.54. The summed E-state index contributed by atoms with van der Waals surface area (Å²) in [7, 11) is 1.44. The van der Waals surface area contributed by atoms with E-state index in [0.717, 1.165) is 20.5 Å². The lowest BCUT2D eigenvalue weighted by Gasteiger charge is -2.09. The average molecular weight is 366 g/mol. The molecular formula is C21H15FO3S. The molecule has 3 aromatic carbocycles. The molecule has 1 heterocycles. The molecule has 0 radical (unpaired) electrons. The van der Waals surface area contributed by atoms with Crippen LogP contribution in [0, 0.1) is 5.82 Å². The van der Waals surface area contributed by atoms with Crippen LogP contribution in [0.2, 0.25) is 0 Å². The summed E-state index contributed by atoms with van der Waals surface area (Å²) in [6.07, 6.45) is 0. The van der Waals surface area contributed by atoms with Crippen molar-refractivity contribution in [2.45, 2.75) is 0 Å². The Labute approximate surface area is 153 Å². The van der Waals surface area contributed by atoms with Crippen molar-refractivity contribution in [1.29, 1.82) is 0 Å². The van der Waals surface area contributed by atoms with Crippen molar-refractivity contribution < 1.29 is 19.0 Å². The first-order valence-corrected chi connectivity index (χ1v) is 8.79. The van der Waals surface area contributed by atoms with Crippen molar-refractivity contribution in [2.75, 3.05) is 7.11 Å². The van der Waals surface area contributed by atoms with Crippen molar-refractivity contribution in [1.82, 2.24) is 0 Å². The van der Waals surface area contributed by atoms with Gasteiger partial charge in [0.1, 0.15) is 11.5 Å². The smallest absolute Gasteiger partial charge is 0.165 e. The van der Waals surface area contributed by atoms with Gasteiger partial charge in [0.25, 0.3) is 0 Å². The number of methoxy groups -OCH3 is 1. The van der Waals surface area contributed by atoms with Crippen LogP contribution in [0.25, 0.3) is 20.5 Å². The minimum absolute atomic E-state index is 0.171. The zero-order chi connectivity index (χ0) is 18.1. The summed E-state index contributed by atoms with van der Waals surface area (Å²) in [5, 5.41) is 10.4. The Morgan fingerprint density at radius 2 is 1.73 bits per heavy atom. The first-order chi connectivity index (χ1) is 12.7. The Morgan fingerprint density at radius 1 is 0.962 bits per heavy atom. The van der Waals surface area contributed by atoms with E-state index in [1.54, 1.807) is 30.3 Å². The highest BCUT2D eigenvalue weighted by atomic mass is 32.1. The molecule has 0 bridgehead atoms. The highest BCUT2D eigenvalue weighted by Gasteiger charge is 2.17. The number of aromatic hydroxyl groups is 1. The van der Waals surface area contributed by atoms with Gasteiger partial charge in [-0.3, -0.25) is 0 Å². The van der Waals surface area contributed by atoms with Gasteiger partial charge in [-0.2, -0.15) is 0 Å². The fourth-order valence-electron chi connectivity index (χ4n) is 2.75.